The summed E-state index contributed by atoms with van der Waals surface area (Å²) in [5.41, 5.74) is 3.22. The Morgan fingerprint density at radius 1 is 0.791 bits per heavy atom. The molecule has 1 fully saturated rings. The predicted octanol–water partition coefficient (Wildman–Crippen LogP) is 7.04. The van der Waals surface area contributed by atoms with E-state index in [1.54, 1.807) is 7.11 Å². The van der Waals surface area contributed by atoms with Gasteiger partial charge in [-0.15, -0.1) is 0 Å². The highest BCUT2D eigenvalue weighted by atomic mass is 16.5. The standard InChI is InChI=1S/C35H54N4O4/c1-4-6-7-8-9-10-11-12-13-19-34(40)37-29-20-21-31(30(28-29)35(41)36-22-16-27-43-5-2)38-23-25-39(26-24-38)32-17-14-15-18-33(32)42-3/h14-15,17-18,20-21,28H,4-13,16,19,22-27H2,1-3H3,(H,36,41)(H,37,40). The van der Waals surface area contributed by atoms with E-state index >= 15 is 0 Å². The molecule has 2 N–H and O–H groups in total. The molecule has 0 spiro atoms. The Morgan fingerprint density at radius 3 is 2.12 bits per heavy atom. The molecular formula is C35H54N4O4. The predicted molar refractivity (Wildman–Crippen MR) is 178 cm³/mol. The summed E-state index contributed by atoms with van der Waals surface area (Å²) in [6.07, 6.45) is 12.2. The van der Waals surface area contributed by atoms with Crippen molar-refractivity contribution in [3.05, 3.63) is 48.0 Å². The number of hydrogen-bond donors (Lipinski definition) is 2. The summed E-state index contributed by atoms with van der Waals surface area (Å²) in [7, 11) is 1.70. The summed E-state index contributed by atoms with van der Waals surface area (Å²) < 4.78 is 11.0. The number of carbonyl (C=O) groups excluding carboxylic acids is 2. The lowest BCUT2D eigenvalue weighted by Crippen LogP contribution is -2.47. The van der Waals surface area contributed by atoms with E-state index < -0.39 is 0 Å². The largest absolute Gasteiger partial charge is 0.495 e. The third-order valence-corrected chi connectivity index (χ3v) is 8.03. The second-order valence-corrected chi connectivity index (χ2v) is 11.3. The molecule has 43 heavy (non-hydrogen) atoms. The molecule has 0 atom stereocenters. The van der Waals surface area contributed by atoms with Gasteiger partial charge in [-0.3, -0.25) is 9.59 Å². The highest BCUT2D eigenvalue weighted by Crippen LogP contribution is 2.31. The molecule has 0 aliphatic carbocycles. The quantitative estimate of drug-likeness (QED) is 0.160. The van der Waals surface area contributed by atoms with Crippen molar-refractivity contribution < 1.29 is 19.1 Å². The second kappa shape index (κ2) is 19.8. The molecule has 8 nitrogen and oxygen atoms in total. The van der Waals surface area contributed by atoms with E-state index in [9.17, 15) is 9.59 Å². The van der Waals surface area contributed by atoms with Gasteiger partial charge in [-0.05, 0) is 50.1 Å². The van der Waals surface area contributed by atoms with E-state index in [-0.39, 0.29) is 11.8 Å². The van der Waals surface area contributed by atoms with Gasteiger partial charge in [0.2, 0.25) is 5.91 Å². The molecule has 0 radical (unpaired) electrons. The fraction of sp³-hybridized carbons (Fsp3) is 0.600. The monoisotopic (exact) mass is 594 g/mol. The highest BCUT2D eigenvalue weighted by Gasteiger charge is 2.24. The van der Waals surface area contributed by atoms with E-state index in [4.69, 9.17) is 9.47 Å². The van der Waals surface area contributed by atoms with Crippen LogP contribution in [0.15, 0.2) is 42.5 Å². The van der Waals surface area contributed by atoms with Crippen LogP contribution in [0.2, 0.25) is 0 Å². The zero-order chi connectivity index (χ0) is 30.7. The Hall–Kier alpha value is -3.26. The van der Waals surface area contributed by atoms with Crippen molar-refractivity contribution in [3.8, 4) is 5.75 Å². The first kappa shape index (κ1) is 34.2. The summed E-state index contributed by atoms with van der Waals surface area (Å²) in [4.78, 5) is 30.7. The van der Waals surface area contributed by atoms with Crippen LogP contribution in [-0.4, -0.2) is 64.9 Å². The number of methoxy groups -OCH3 is 1. The lowest BCUT2D eigenvalue weighted by molar-refractivity contribution is -0.116. The van der Waals surface area contributed by atoms with Crippen LogP contribution in [-0.2, 0) is 9.53 Å². The van der Waals surface area contributed by atoms with Crippen LogP contribution in [0.25, 0.3) is 0 Å². The van der Waals surface area contributed by atoms with Crippen LogP contribution in [0.3, 0.4) is 0 Å². The minimum atomic E-state index is -0.131. The topological polar surface area (TPSA) is 83.1 Å². The van der Waals surface area contributed by atoms with Crippen molar-refractivity contribution in [2.75, 3.05) is 68.2 Å². The Bertz CT molecular complexity index is 1100. The summed E-state index contributed by atoms with van der Waals surface area (Å²) in [6, 6.07) is 13.8. The highest BCUT2D eigenvalue weighted by molar-refractivity contribution is 6.02. The average molecular weight is 595 g/mol. The number of nitrogens with zero attached hydrogens (tertiary/aromatic N) is 2. The maximum absolute atomic E-state index is 13.4. The minimum absolute atomic E-state index is 0.00388. The maximum Gasteiger partial charge on any atom is 0.253 e. The van der Waals surface area contributed by atoms with Gasteiger partial charge in [-0.1, -0.05) is 70.4 Å². The third-order valence-electron chi connectivity index (χ3n) is 8.03. The number of rotatable bonds is 20. The summed E-state index contributed by atoms with van der Waals surface area (Å²) in [5.74, 6) is 0.739. The van der Waals surface area contributed by atoms with Crippen molar-refractivity contribution in [3.63, 3.8) is 0 Å². The van der Waals surface area contributed by atoms with Crippen LogP contribution in [0, 0.1) is 0 Å². The number of hydrogen-bond acceptors (Lipinski definition) is 6. The van der Waals surface area contributed by atoms with Crippen molar-refractivity contribution in [1.82, 2.24) is 5.32 Å². The van der Waals surface area contributed by atoms with Gasteiger partial charge in [0.25, 0.3) is 5.91 Å². The Kier molecular flexibility index (Phi) is 15.8. The normalized spacial score (nSPS) is 13.2. The molecule has 1 aliphatic heterocycles. The molecule has 1 saturated heterocycles. The van der Waals surface area contributed by atoms with Crippen molar-refractivity contribution in [2.24, 2.45) is 0 Å². The Morgan fingerprint density at radius 2 is 1.44 bits per heavy atom. The molecule has 8 heteroatoms. The third kappa shape index (κ3) is 11.7. The number of piperazine rings is 1. The number of amides is 2. The number of carbonyl (C=O) groups is 2. The number of ether oxygens (including phenoxy) is 2. The number of para-hydroxylation sites is 2. The second-order valence-electron chi connectivity index (χ2n) is 11.3. The molecule has 238 valence electrons. The van der Waals surface area contributed by atoms with Gasteiger partial charge >= 0.3 is 0 Å². The molecular weight excluding hydrogens is 540 g/mol. The lowest BCUT2D eigenvalue weighted by atomic mass is 10.1. The van der Waals surface area contributed by atoms with Gasteiger partial charge in [0, 0.05) is 63.7 Å². The number of unbranched alkanes of at least 4 members (excludes halogenated alkanes) is 8. The van der Waals surface area contributed by atoms with E-state index in [1.165, 1.54) is 44.9 Å². The average Bonchev–Trinajstić information content (AvgIpc) is 3.04. The van der Waals surface area contributed by atoms with E-state index in [2.05, 4.69) is 33.4 Å². The molecule has 0 saturated carbocycles. The van der Waals surface area contributed by atoms with Crippen LogP contribution in [0.5, 0.6) is 5.75 Å². The van der Waals surface area contributed by atoms with E-state index in [0.29, 0.717) is 37.4 Å². The molecule has 2 aromatic carbocycles. The Balaban J connectivity index is 1.58. The van der Waals surface area contributed by atoms with Crippen molar-refractivity contribution in [2.45, 2.75) is 84.5 Å². The van der Waals surface area contributed by atoms with Crippen LogP contribution in [0.1, 0.15) is 94.8 Å². The fourth-order valence-electron chi connectivity index (χ4n) is 5.59. The van der Waals surface area contributed by atoms with Gasteiger partial charge in [-0.2, -0.15) is 0 Å². The zero-order valence-electron chi connectivity index (χ0n) is 26.8. The van der Waals surface area contributed by atoms with Crippen LogP contribution in [0.4, 0.5) is 17.1 Å². The minimum Gasteiger partial charge on any atom is -0.495 e. The first-order chi connectivity index (χ1) is 21.1. The van der Waals surface area contributed by atoms with E-state index in [0.717, 1.165) is 62.6 Å². The molecule has 2 aromatic rings. The van der Waals surface area contributed by atoms with E-state index in [1.807, 2.05) is 43.3 Å². The zero-order valence-corrected chi connectivity index (χ0v) is 26.8. The lowest BCUT2D eigenvalue weighted by Gasteiger charge is -2.38. The summed E-state index contributed by atoms with van der Waals surface area (Å²) in [5, 5.41) is 6.09. The van der Waals surface area contributed by atoms with Gasteiger partial charge < -0.3 is 29.9 Å². The van der Waals surface area contributed by atoms with Crippen LogP contribution < -0.4 is 25.2 Å². The summed E-state index contributed by atoms with van der Waals surface area (Å²) >= 11 is 0. The number of anilines is 3. The molecule has 1 heterocycles. The maximum atomic E-state index is 13.4. The number of nitrogens with one attached hydrogen (secondary N) is 2. The first-order valence-corrected chi connectivity index (χ1v) is 16.5. The molecule has 0 aromatic heterocycles. The Labute approximate surface area is 259 Å². The van der Waals surface area contributed by atoms with Gasteiger partial charge in [0.05, 0.1) is 18.4 Å². The van der Waals surface area contributed by atoms with Gasteiger partial charge in [0.1, 0.15) is 5.75 Å². The molecule has 2 amide bonds. The smallest absolute Gasteiger partial charge is 0.253 e. The fourth-order valence-corrected chi connectivity index (χ4v) is 5.59. The van der Waals surface area contributed by atoms with Crippen molar-refractivity contribution >= 4 is 28.9 Å². The molecule has 3 rings (SSSR count). The first-order valence-electron chi connectivity index (χ1n) is 16.5. The van der Waals surface area contributed by atoms with Gasteiger partial charge in [0.15, 0.2) is 0 Å². The van der Waals surface area contributed by atoms with Crippen LogP contribution >= 0.6 is 0 Å². The molecule has 1 aliphatic rings. The number of benzene rings is 2. The summed E-state index contributed by atoms with van der Waals surface area (Å²) in [6.45, 7) is 9.19. The van der Waals surface area contributed by atoms with Gasteiger partial charge in [-0.25, -0.2) is 0 Å². The molecule has 0 bridgehead atoms. The van der Waals surface area contributed by atoms with Crippen molar-refractivity contribution in [1.29, 1.82) is 0 Å². The molecule has 0 unspecified atom stereocenters. The SMILES string of the molecule is CCCCCCCCCCCC(=O)Nc1ccc(N2CCN(c3ccccc3OC)CC2)c(C(=O)NCCCOCC)c1.